The van der Waals surface area contributed by atoms with E-state index in [4.69, 9.17) is 0 Å². The fourth-order valence-corrected chi connectivity index (χ4v) is 5.08. The molecule has 2 aliphatic carbocycles. The highest BCUT2D eigenvalue weighted by atomic mass is 32.1. The number of rotatable bonds is 6. The summed E-state index contributed by atoms with van der Waals surface area (Å²) < 4.78 is 0. The van der Waals surface area contributed by atoms with Crippen molar-refractivity contribution < 1.29 is 0 Å². The van der Waals surface area contributed by atoms with E-state index in [9.17, 15) is 0 Å². The molecule has 0 aromatic carbocycles. The van der Waals surface area contributed by atoms with Gasteiger partial charge in [-0.25, -0.2) is 15.0 Å². The van der Waals surface area contributed by atoms with Gasteiger partial charge in [0.15, 0.2) is 0 Å². The van der Waals surface area contributed by atoms with E-state index in [1.54, 1.807) is 6.33 Å². The fraction of sp³-hybridized carbons (Fsp3) is 0.632. The SMILES string of the molecule is c1cc(N(C2CC2)C2CCN(Cc3cnc(C4CC4)s3)CC2)ncn1. The number of hydrogen-bond donors (Lipinski definition) is 0. The Labute approximate surface area is 153 Å². The molecule has 1 aliphatic heterocycles. The summed E-state index contributed by atoms with van der Waals surface area (Å²) in [4.78, 5) is 19.9. The number of anilines is 1. The summed E-state index contributed by atoms with van der Waals surface area (Å²) in [5.74, 6) is 1.90. The van der Waals surface area contributed by atoms with Gasteiger partial charge < -0.3 is 4.90 Å². The maximum Gasteiger partial charge on any atom is 0.132 e. The number of piperidine rings is 1. The van der Waals surface area contributed by atoms with Gasteiger partial charge in [0, 0.05) is 54.9 Å². The zero-order valence-corrected chi connectivity index (χ0v) is 15.4. The maximum absolute atomic E-state index is 4.63. The molecule has 132 valence electrons. The average Bonchev–Trinajstić information content (AvgIpc) is 3.58. The molecular weight excluding hydrogens is 330 g/mol. The van der Waals surface area contributed by atoms with Crippen LogP contribution in [0, 0.1) is 0 Å². The first-order valence-corrected chi connectivity index (χ1v) is 10.4. The Kier molecular flexibility index (Phi) is 4.18. The standard InChI is InChI=1S/C19H25N5S/c1-2-14(1)19-21-11-17(25-19)12-23-9-6-16(7-10-23)24(15-3-4-15)18-5-8-20-13-22-18/h5,8,11,13-16H,1-4,6-7,9-10,12H2. The lowest BCUT2D eigenvalue weighted by atomic mass is 10.0. The minimum Gasteiger partial charge on any atom is -0.350 e. The normalized spacial score (nSPS) is 22.2. The van der Waals surface area contributed by atoms with Crippen LogP contribution < -0.4 is 4.90 Å². The Morgan fingerprint density at radius 3 is 2.52 bits per heavy atom. The summed E-state index contributed by atoms with van der Waals surface area (Å²) in [6.45, 7) is 3.43. The van der Waals surface area contributed by atoms with Gasteiger partial charge in [-0.3, -0.25) is 4.90 Å². The van der Waals surface area contributed by atoms with Crippen molar-refractivity contribution in [2.45, 2.75) is 63.1 Å². The van der Waals surface area contributed by atoms with Crippen molar-refractivity contribution in [2.24, 2.45) is 0 Å². The summed E-state index contributed by atoms with van der Waals surface area (Å²) in [5.41, 5.74) is 0. The van der Waals surface area contributed by atoms with Crippen molar-refractivity contribution in [3.8, 4) is 0 Å². The second kappa shape index (κ2) is 6.65. The lowest BCUT2D eigenvalue weighted by Crippen LogP contribution is -2.46. The van der Waals surface area contributed by atoms with E-state index in [-0.39, 0.29) is 0 Å². The Balaban J connectivity index is 1.20. The first-order chi connectivity index (χ1) is 12.4. The van der Waals surface area contributed by atoms with Crippen LogP contribution in [-0.2, 0) is 6.54 Å². The molecule has 2 aromatic heterocycles. The quantitative estimate of drug-likeness (QED) is 0.794. The average molecular weight is 356 g/mol. The molecule has 1 saturated heterocycles. The van der Waals surface area contributed by atoms with E-state index < -0.39 is 0 Å². The summed E-state index contributed by atoms with van der Waals surface area (Å²) in [5, 5.41) is 1.37. The van der Waals surface area contributed by atoms with E-state index in [1.807, 2.05) is 17.5 Å². The van der Waals surface area contributed by atoms with E-state index in [1.165, 1.54) is 61.5 Å². The van der Waals surface area contributed by atoms with Gasteiger partial charge in [-0.15, -0.1) is 11.3 Å². The molecule has 2 aromatic rings. The van der Waals surface area contributed by atoms with Gasteiger partial charge >= 0.3 is 0 Å². The third-order valence-corrected chi connectivity index (χ3v) is 6.74. The summed E-state index contributed by atoms with van der Waals surface area (Å²) in [6, 6.07) is 3.40. The van der Waals surface area contributed by atoms with Crippen molar-refractivity contribution in [1.82, 2.24) is 19.9 Å². The smallest absolute Gasteiger partial charge is 0.132 e. The van der Waals surface area contributed by atoms with Gasteiger partial charge in [-0.2, -0.15) is 0 Å². The zero-order chi connectivity index (χ0) is 16.6. The fourth-order valence-electron chi connectivity index (χ4n) is 3.95. The van der Waals surface area contributed by atoms with Gasteiger partial charge in [0.25, 0.3) is 0 Å². The van der Waals surface area contributed by atoms with Gasteiger partial charge in [0.1, 0.15) is 12.1 Å². The molecule has 0 unspecified atom stereocenters. The second-order valence-electron chi connectivity index (χ2n) is 7.65. The van der Waals surface area contributed by atoms with Crippen LogP contribution >= 0.6 is 11.3 Å². The van der Waals surface area contributed by atoms with Crippen molar-refractivity contribution in [3.05, 3.63) is 34.7 Å². The topological polar surface area (TPSA) is 45.2 Å². The van der Waals surface area contributed by atoms with Crippen molar-refractivity contribution >= 4 is 17.2 Å². The van der Waals surface area contributed by atoms with Crippen molar-refractivity contribution in [2.75, 3.05) is 18.0 Å². The molecule has 3 heterocycles. The number of thiazole rings is 1. The van der Waals surface area contributed by atoms with Gasteiger partial charge in [-0.05, 0) is 44.6 Å². The minimum absolute atomic E-state index is 0.627. The van der Waals surface area contributed by atoms with Crippen LogP contribution in [0.15, 0.2) is 24.8 Å². The number of hydrogen-bond acceptors (Lipinski definition) is 6. The number of aromatic nitrogens is 3. The molecule has 6 heteroatoms. The molecule has 0 N–H and O–H groups in total. The molecule has 0 bridgehead atoms. The number of likely N-dealkylation sites (tertiary alicyclic amines) is 1. The summed E-state index contributed by atoms with van der Waals surface area (Å²) in [7, 11) is 0. The highest BCUT2D eigenvalue weighted by molar-refractivity contribution is 7.11. The van der Waals surface area contributed by atoms with Crippen LogP contribution in [0.3, 0.4) is 0 Å². The lowest BCUT2D eigenvalue weighted by Gasteiger charge is -2.39. The van der Waals surface area contributed by atoms with Gasteiger partial charge in [0.2, 0.25) is 0 Å². The molecule has 3 fully saturated rings. The first-order valence-electron chi connectivity index (χ1n) is 9.58. The molecule has 2 saturated carbocycles. The maximum atomic E-state index is 4.63. The van der Waals surface area contributed by atoms with E-state index in [0.717, 1.165) is 18.3 Å². The predicted octanol–water partition coefficient (Wildman–Crippen LogP) is 3.44. The van der Waals surface area contributed by atoms with E-state index in [2.05, 4.69) is 37.0 Å². The summed E-state index contributed by atoms with van der Waals surface area (Å²) >= 11 is 1.94. The monoisotopic (exact) mass is 355 g/mol. The highest BCUT2D eigenvalue weighted by Gasteiger charge is 2.36. The molecule has 0 amide bonds. The Morgan fingerprint density at radius 2 is 1.84 bits per heavy atom. The Bertz CT molecular complexity index is 702. The summed E-state index contributed by atoms with van der Waals surface area (Å²) in [6.07, 6.45) is 13.4. The van der Waals surface area contributed by atoms with E-state index >= 15 is 0 Å². The zero-order valence-electron chi connectivity index (χ0n) is 14.5. The van der Waals surface area contributed by atoms with Gasteiger partial charge in [-0.1, -0.05) is 0 Å². The van der Waals surface area contributed by atoms with E-state index in [0.29, 0.717) is 12.1 Å². The third kappa shape index (κ3) is 3.55. The highest BCUT2D eigenvalue weighted by Crippen LogP contribution is 2.42. The molecule has 0 spiro atoms. The van der Waals surface area contributed by atoms with Gasteiger partial charge in [0.05, 0.1) is 5.01 Å². The molecule has 3 aliphatic rings. The van der Waals surface area contributed by atoms with Crippen LogP contribution in [-0.4, -0.2) is 45.0 Å². The van der Waals surface area contributed by atoms with Crippen LogP contribution in [0.1, 0.15) is 54.3 Å². The van der Waals surface area contributed by atoms with Crippen molar-refractivity contribution in [1.29, 1.82) is 0 Å². The first kappa shape index (κ1) is 15.7. The molecule has 5 rings (SSSR count). The van der Waals surface area contributed by atoms with Crippen LogP contribution in [0.25, 0.3) is 0 Å². The van der Waals surface area contributed by atoms with Crippen molar-refractivity contribution in [3.63, 3.8) is 0 Å². The lowest BCUT2D eigenvalue weighted by molar-refractivity contribution is 0.202. The van der Waals surface area contributed by atoms with Crippen LogP contribution in [0.5, 0.6) is 0 Å². The molecule has 25 heavy (non-hydrogen) atoms. The minimum atomic E-state index is 0.627. The largest absolute Gasteiger partial charge is 0.350 e. The molecule has 5 nitrogen and oxygen atoms in total. The molecule has 0 radical (unpaired) electrons. The molecular formula is C19H25N5S. The third-order valence-electron chi connectivity index (χ3n) is 5.60. The number of nitrogens with zero attached hydrogens (tertiary/aromatic N) is 5. The Hall–Kier alpha value is -1.53. The molecule has 0 atom stereocenters. The second-order valence-corrected chi connectivity index (χ2v) is 8.80. The Morgan fingerprint density at radius 1 is 1.04 bits per heavy atom. The predicted molar refractivity (Wildman–Crippen MR) is 99.9 cm³/mol. The van der Waals surface area contributed by atoms with Crippen LogP contribution in [0.2, 0.25) is 0 Å². The van der Waals surface area contributed by atoms with Crippen LogP contribution in [0.4, 0.5) is 5.82 Å².